The third kappa shape index (κ3) is 9.60. The van der Waals surface area contributed by atoms with E-state index >= 15 is 0 Å². The van der Waals surface area contributed by atoms with E-state index in [9.17, 15) is 25.5 Å². The van der Waals surface area contributed by atoms with Crippen LogP contribution in [0.25, 0.3) is 0 Å². The number of hydrogen-bond acceptors (Lipinski definition) is 6. The molecule has 2 unspecified atom stereocenters. The molecule has 0 aliphatic heterocycles. The molecular weight excluding hydrogens is 371 g/mol. The van der Waals surface area contributed by atoms with Gasteiger partial charge >= 0.3 is 7.48 Å². The van der Waals surface area contributed by atoms with E-state index in [1.54, 1.807) is 12.1 Å². The van der Waals surface area contributed by atoms with Gasteiger partial charge in [-0.15, -0.1) is 0 Å². The molecular formula is C22H38BO6. The van der Waals surface area contributed by atoms with Crippen LogP contribution in [0.15, 0.2) is 30.3 Å². The first kappa shape index (κ1) is 26.1. The first-order valence-corrected chi connectivity index (χ1v) is 10.9. The Hall–Kier alpha value is -0.955. The summed E-state index contributed by atoms with van der Waals surface area (Å²) < 4.78 is 5.62. The maximum atomic E-state index is 10.6. The van der Waals surface area contributed by atoms with Gasteiger partial charge in [0.05, 0.1) is 18.3 Å². The molecule has 165 valence electrons. The van der Waals surface area contributed by atoms with Crippen molar-refractivity contribution < 1.29 is 30.2 Å². The Morgan fingerprint density at radius 3 is 1.76 bits per heavy atom. The van der Waals surface area contributed by atoms with Crippen molar-refractivity contribution in [1.82, 2.24) is 0 Å². The zero-order chi connectivity index (χ0) is 21.6. The molecule has 7 heteroatoms. The molecule has 0 aliphatic rings. The Bertz CT molecular complexity index is 517. The highest BCUT2D eigenvalue weighted by atomic mass is 16.5. The maximum absolute atomic E-state index is 10.6. The Balaban J connectivity index is 2.80. The van der Waals surface area contributed by atoms with E-state index in [2.05, 4.69) is 0 Å². The average Bonchev–Trinajstić information content (AvgIpc) is 2.73. The molecule has 1 rings (SSSR count). The van der Waals surface area contributed by atoms with E-state index in [4.69, 9.17) is 4.65 Å². The van der Waals surface area contributed by atoms with Gasteiger partial charge in [-0.25, -0.2) is 0 Å². The molecule has 29 heavy (non-hydrogen) atoms. The summed E-state index contributed by atoms with van der Waals surface area (Å²) in [5.41, 5.74) is 0.718. The fraction of sp³-hybridized carbons (Fsp3) is 0.727. The Morgan fingerprint density at radius 2 is 1.24 bits per heavy atom. The van der Waals surface area contributed by atoms with Crippen LogP contribution in [0.2, 0.25) is 0 Å². The zero-order valence-electron chi connectivity index (χ0n) is 17.7. The maximum Gasteiger partial charge on any atom is 0.330 e. The van der Waals surface area contributed by atoms with Crippen LogP contribution in [-0.4, -0.2) is 69.6 Å². The van der Waals surface area contributed by atoms with Crippen molar-refractivity contribution in [2.24, 2.45) is 0 Å². The number of hydrogen-bond donors (Lipinski definition) is 5. The predicted molar refractivity (Wildman–Crippen MR) is 115 cm³/mol. The minimum Gasteiger partial charge on any atom is -0.426 e. The van der Waals surface area contributed by atoms with E-state index in [0.717, 1.165) is 44.0 Å². The van der Waals surface area contributed by atoms with Gasteiger partial charge in [0.1, 0.15) is 18.3 Å². The first-order chi connectivity index (χ1) is 13.9. The fourth-order valence-electron chi connectivity index (χ4n) is 3.24. The summed E-state index contributed by atoms with van der Waals surface area (Å²) in [6.07, 6.45) is -1.98. The van der Waals surface area contributed by atoms with Crippen LogP contribution >= 0.6 is 0 Å². The lowest BCUT2D eigenvalue weighted by Gasteiger charge is -2.34. The average molecular weight is 409 g/mol. The first-order valence-electron chi connectivity index (χ1n) is 10.9. The van der Waals surface area contributed by atoms with Crippen LogP contribution in [0, 0.1) is 0 Å². The van der Waals surface area contributed by atoms with E-state index < -0.39 is 36.6 Å². The van der Waals surface area contributed by atoms with Crippen LogP contribution in [0.1, 0.15) is 65.2 Å². The SMILES string of the molecule is CCCCCC(O)[C@@H](O)[C@@H](O)[C@H](O[B]c1ccccc1)[C@H](O)C(O)CCCCC. The van der Waals surface area contributed by atoms with Gasteiger partial charge in [0.15, 0.2) is 0 Å². The van der Waals surface area contributed by atoms with Gasteiger partial charge in [0, 0.05) is 0 Å². The number of benzene rings is 1. The van der Waals surface area contributed by atoms with E-state index in [1.807, 2.05) is 32.0 Å². The molecule has 0 aromatic heterocycles. The molecule has 0 saturated carbocycles. The predicted octanol–water partition coefficient (Wildman–Crippen LogP) is 1.28. The highest BCUT2D eigenvalue weighted by Crippen LogP contribution is 2.19. The zero-order valence-corrected chi connectivity index (χ0v) is 17.7. The third-order valence-corrected chi connectivity index (χ3v) is 5.18. The molecule has 0 bridgehead atoms. The molecule has 6 nitrogen and oxygen atoms in total. The molecule has 1 aromatic rings. The van der Waals surface area contributed by atoms with Crippen molar-refractivity contribution in [2.75, 3.05) is 0 Å². The largest absolute Gasteiger partial charge is 0.426 e. The lowest BCUT2D eigenvalue weighted by molar-refractivity contribution is -0.145. The summed E-state index contributed by atoms with van der Waals surface area (Å²) in [6, 6.07) is 9.09. The molecule has 6 atom stereocenters. The molecule has 5 N–H and O–H groups in total. The lowest BCUT2D eigenvalue weighted by Crippen LogP contribution is -2.54. The number of aliphatic hydroxyl groups is 5. The van der Waals surface area contributed by atoms with Gasteiger partial charge in [-0.1, -0.05) is 88.2 Å². The minimum atomic E-state index is -1.55. The van der Waals surface area contributed by atoms with Crippen LogP contribution in [-0.2, 0) is 4.65 Å². The molecule has 0 saturated heterocycles. The summed E-state index contributed by atoms with van der Waals surface area (Å²) in [6.45, 7) is 4.08. The van der Waals surface area contributed by atoms with Crippen LogP contribution in [0.5, 0.6) is 0 Å². The molecule has 0 fully saturated rings. The Labute approximate surface area is 175 Å². The van der Waals surface area contributed by atoms with E-state index in [0.29, 0.717) is 12.8 Å². The second kappa shape index (κ2) is 14.9. The van der Waals surface area contributed by atoms with Crippen LogP contribution in [0.4, 0.5) is 0 Å². The third-order valence-electron chi connectivity index (χ3n) is 5.18. The normalized spacial score (nSPS) is 17.9. The highest BCUT2D eigenvalue weighted by molar-refractivity contribution is 6.46. The van der Waals surface area contributed by atoms with Gasteiger partial charge < -0.3 is 30.2 Å². The molecule has 1 radical (unpaired) electrons. The van der Waals surface area contributed by atoms with Gasteiger partial charge in [-0.05, 0) is 12.8 Å². The fourth-order valence-corrected chi connectivity index (χ4v) is 3.24. The second-order valence-electron chi connectivity index (χ2n) is 7.73. The minimum absolute atomic E-state index is 0.344. The molecule has 0 amide bonds. The van der Waals surface area contributed by atoms with Crippen molar-refractivity contribution in [3.8, 4) is 0 Å². The summed E-state index contributed by atoms with van der Waals surface area (Å²) >= 11 is 0. The monoisotopic (exact) mass is 409 g/mol. The topological polar surface area (TPSA) is 110 Å². The molecule has 0 heterocycles. The Kier molecular flexibility index (Phi) is 13.4. The van der Waals surface area contributed by atoms with Gasteiger partial charge in [0.25, 0.3) is 0 Å². The van der Waals surface area contributed by atoms with Crippen molar-refractivity contribution in [2.45, 2.75) is 102 Å². The van der Waals surface area contributed by atoms with E-state index in [1.165, 1.54) is 7.48 Å². The highest BCUT2D eigenvalue weighted by Gasteiger charge is 2.38. The molecule has 0 spiro atoms. The number of aliphatic hydroxyl groups excluding tert-OH is 5. The number of unbranched alkanes of at least 4 members (excludes halogenated alkanes) is 4. The Morgan fingerprint density at radius 1 is 0.724 bits per heavy atom. The van der Waals surface area contributed by atoms with Crippen molar-refractivity contribution in [3.05, 3.63) is 30.3 Å². The van der Waals surface area contributed by atoms with Crippen molar-refractivity contribution in [3.63, 3.8) is 0 Å². The quantitative estimate of drug-likeness (QED) is 0.208. The smallest absolute Gasteiger partial charge is 0.330 e. The van der Waals surface area contributed by atoms with Gasteiger partial charge in [-0.2, -0.15) is 0 Å². The van der Waals surface area contributed by atoms with Gasteiger partial charge in [0.2, 0.25) is 0 Å². The molecule has 1 aromatic carbocycles. The van der Waals surface area contributed by atoms with Crippen molar-refractivity contribution in [1.29, 1.82) is 0 Å². The van der Waals surface area contributed by atoms with Crippen molar-refractivity contribution >= 4 is 12.9 Å². The molecule has 0 aliphatic carbocycles. The van der Waals surface area contributed by atoms with Crippen LogP contribution in [0.3, 0.4) is 0 Å². The van der Waals surface area contributed by atoms with E-state index in [-0.39, 0.29) is 0 Å². The summed E-state index contributed by atoms with van der Waals surface area (Å²) in [7, 11) is 1.38. The van der Waals surface area contributed by atoms with Gasteiger partial charge in [-0.3, -0.25) is 0 Å². The standard InChI is InChI=1S/C22H38BO6/c1-3-5-8-14-17(24)19(26)21(28)22(20(27)18(25)15-9-6-4-2)29-23-16-12-10-7-11-13-16/h7,10-13,17-22,24-28H,3-6,8-9,14-15H2,1-2H3/t17?,18?,19-,20-,21-,22-/m1/s1. The summed E-state index contributed by atoms with van der Waals surface area (Å²) in [4.78, 5) is 0. The second-order valence-corrected chi connectivity index (χ2v) is 7.73. The summed E-state index contributed by atoms with van der Waals surface area (Å²) in [5, 5.41) is 52.3. The lowest BCUT2D eigenvalue weighted by atomic mass is 9.85. The number of rotatable bonds is 16. The summed E-state index contributed by atoms with van der Waals surface area (Å²) in [5.74, 6) is 0. The van der Waals surface area contributed by atoms with Crippen LogP contribution < -0.4 is 5.46 Å².